The maximum Gasteiger partial charge on any atom is 0.239 e. The summed E-state index contributed by atoms with van der Waals surface area (Å²) in [5.74, 6) is -1.33. The van der Waals surface area contributed by atoms with E-state index < -0.39 is 17.2 Å². The summed E-state index contributed by atoms with van der Waals surface area (Å²) in [6.07, 6.45) is 0. The zero-order chi connectivity index (χ0) is 19.3. The highest BCUT2D eigenvalue weighted by atomic mass is 19.1. The minimum Gasteiger partial charge on any atom is -0.351 e. The van der Waals surface area contributed by atoms with E-state index in [1.54, 1.807) is 36.4 Å². The smallest absolute Gasteiger partial charge is 0.239 e. The second-order valence-corrected chi connectivity index (χ2v) is 6.52. The van der Waals surface area contributed by atoms with Crippen LogP contribution in [0.25, 0.3) is 0 Å². The third-order valence-electron chi connectivity index (χ3n) is 4.05. The standard InChI is InChI=1S/C20H21FN2O3/c1-13(24)15-6-10-17(11-7-15)23-19(26)20(2,3)18(25)22-12-14-4-8-16(21)9-5-14/h4-11H,12H2,1-3H3,(H,22,25)(H,23,26). The van der Waals surface area contributed by atoms with Crippen molar-refractivity contribution in [1.29, 1.82) is 0 Å². The van der Waals surface area contributed by atoms with E-state index in [4.69, 9.17) is 0 Å². The van der Waals surface area contributed by atoms with E-state index >= 15 is 0 Å². The highest BCUT2D eigenvalue weighted by Gasteiger charge is 2.35. The number of hydrogen-bond acceptors (Lipinski definition) is 3. The quantitative estimate of drug-likeness (QED) is 0.616. The van der Waals surface area contributed by atoms with Crippen LogP contribution in [0.3, 0.4) is 0 Å². The van der Waals surface area contributed by atoms with Crippen LogP contribution in [0.4, 0.5) is 10.1 Å². The van der Waals surface area contributed by atoms with E-state index in [-0.39, 0.29) is 18.1 Å². The Morgan fingerprint density at radius 3 is 2.04 bits per heavy atom. The molecule has 0 saturated heterocycles. The van der Waals surface area contributed by atoms with E-state index in [2.05, 4.69) is 10.6 Å². The van der Waals surface area contributed by atoms with Crippen LogP contribution in [0, 0.1) is 11.2 Å². The first-order valence-electron chi connectivity index (χ1n) is 8.15. The average molecular weight is 356 g/mol. The topological polar surface area (TPSA) is 75.3 Å². The molecule has 0 aliphatic carbocycles. The lowest BCUT2D eigenvalue weighted by Gasteiger charge is -2.23. The third kappa shape index (κ3) is 4.75. The molecule has 0 spiro atoms. The van der Waals surface area contributed by atoms with E-state index in [1.807, 2.05) is 0 Å². The van der Waals surface area contributed by atoms with Gasteiger partial charge in [0.15, 0.2) is 5.78 Å². The largest absolute Gasteiger partial charge is 0.351 e. The van der Waals surface area contributed by atoms with E-state index in [0.717, 1.165) is 5.56 Å². The second-order valence-electron chi connectivity index (χ2n) is 6.52. The van der Waals surface area contributed by atoms with Gasteiger partial charge < -0.3 is 10.6 Å². The summed E-state index contributed by atoms with van der Waals surface area (Å²) in [6.45, 7) is 4.70. The number of carbonyl (C=O) groups is 3. The molecule has 26 heavy (non-hydrogen) atoms. The normalized spacial score (nSPS) is 10.9. The van der Waals surface area contributed by atoms with Crippen LogP contribution in [0.1, 0.15) is 36.7 Å². The Balaban J connectivity index is 1.97. The molecule has 2 N–H and O–H groups in total. The molecule has 0 aromatic heterocycles. The van der Waals surface area contributed by atoms with Gasteiger partial charge in [0.2, 0.25) is 11.8 Å². The molecule has 0 heterocycles. The monoisotopic (exact) mass is 356 g/mol. The maximum absolute atomic E-state index is 12.9. The number of hydrogen-bond donors (Lipinski definition) is 2. The minimum atomic E-state index is -1.31. The molecular weight excluding hydrogens is 335 g/mol. The molecule has 0 aliphatic heterocycles. The van der Waals surface area contributed by atoms with Gasteiger partial charge in [0.1, 0.15) is 11.2 Å². The fourth-order valence-corrected chi connectivity index (χ4v) is 2.18. The Kier molecular flexibility index (Phi) is 5.87. The first-order valence-corrected chi connectivity index (χ1v) is 8.15. The van der Waals surface area contributed by atoms with Crippen LogP contribution < -0.4 is 10.6 Å². The highest BCUT2D eigenvalue weighted by Crippen LogP contribution is 2.20. The van der Waals surface area contributed by atoms with Crippen molar-refractivity contribution in [3.8, 4) is 0 Å². The Bertz CT molecular complexity index is 812. The van der Waals surface area contributed by atoms with Crippen LogP contribution in [0.2, 0.25) is 0 Å². The number of anilines is 1. The predicted octanol–water partition coefficient (Wildman–Crippen LogP) is 3.31. The van der Waals surface area contributed by atoms with Gasteiger partial charge in [-0.05, 0) is 62.7 Å². The van der Waals surface area contributed by atoms with Crippen LogP contribution >= 0.6 is 0 Å². The van der Waals surface area contributed by atoms with Crippen molar-refractivity contribution >= 4 is 23.3 Å². The average Bonchev–Trinajstić information content (AvgIpc) is 2.61. The van der Waals surface area contributed by atoms with Crippen molar-refractivity contribution in [2.45, 2.75) is 27.3 Å². The van der Waals surface area contributed by atoms with Gasteiger partial charge in [0.25, 0.3) is 0 Å². The molecular formula is C20H21FN2O3. The van der Waals surface area contributed by atoms with Crippen molar-refractivity contribution < 1.29 is 18.8 Å². The summed E-state index contributed by atoms with van der Waals surface area (Å²) < 4.78 is 12.9. The molecule has 0 radical (unpaired) electrons. The van der Waals surface area contributed by atoms with Gasteiger partial charge in [-0.3, -0.25) is 14.4 Å². The Morgan fingerprint density at radius 1 is 0.923 bits per heavy atom. The molecule has 0 aliphatic rings. The minimum absolute atomic E-state index is 0.0663. The molecule has 0 bridgehead atoms. The zero-order valence-corrected chi connectivity index (χ0v) is 14.9. The first-order chi connectivity index (χ1) is 12.2. The SMILES string of the molecule is CC(=O)c1ccc(NC(=O)C(C)(C)C(=O)NCc2ccc(F)cc2)cc1. The Hall–Kier alpha value is -3.02. The van der Waals surface area contributed by atoms with Gasteiger partial charge in [0.05, 0.1) is 0 Å². The number of rotatable bonds is 6. The molecule has 6 heteroatoms. The lowest BCUT2D eigenvalue weighted by molar-refractivity contribution is -0.138. The molecule has 0 fully saturated rings. The molecule has 0 atom stereocenters. The van der Waals surface area contributed by atoms with Crippen LogP contribution in [0.15, 0.2) is 48.5 Å². The van der Waals surface area contributed by atoms with Crippen LogP contribution in [-0.4, -0.2) is 17.6 Å². The van der Waals surface area contributed by atoms with Crippen LogP contribution in [0.5, 0.6) is 0 Å². The van der Waals surface area contributed by atoms with Crippen molar-refractivity contribution in [3.63, 3.8) is 0 Å². The Labute approximate surface area is 151 Å². The van der Waals surface area contributed by atoms with Gasteiger partial charge in [-0.25, -0.2) is 4.39 Å². The van der Waals surface area contributed by atoms with Crippen molar-refractivity contribution in [2.24, 2.45) is 5.41 Å². The maximum atomic E-state index is 12.9. The van der Waals surface area contributed by atoms with Crippen molar-refractivity contribution in [2.75, 3.05) is 5.32 Å². The molecule has 136 valence electrons. The third-order valence-corrected chi connectivity index (χ3v) is 4.05. The number of carbonyl (C=O) groups excluding carboxylic acids is 3. The number of nitrogens with one attached hydrogen (secondary N) is 2. The predicted molar refractivity (Wildman–Crippen MR) is 97.1 cm³/mol. The fraction of sp³-hybridized carbons (Fsp3) is 0.250. The lowest BCUT2D eigenvalue weighted by Crippen LogP contribution is -2.44. The molecule has 2 aromatic carbocycles. The fourth-order valence-electron chi connectivity index (χ4n) is 2.18. The van der Waals surface area contributed by atoms with Gasteiger partial charge >= 0.3 is 0 Å². The summed E-state index contributed by atoms with van der Waals surface area (Å²) in [4.78, 5) is 36.1. The summed E-state index contributed by atoms with van der Waals surface area (Å²) in [5, 5.41) is 5.36. The lowest BCUT2D eigenvalue weighted by atomic mass is 9.90. The number of ketones is 1. The number of halogens is 1. The molecule has 0 saturated carbocycles. The van der Waals surface area contributed by atoms with Gasteiger partial charge in [-0.2, -0.15) is 0 Å². The Morgan fingerprint density at radius 2 is 1.50 bits per heavy atom. The van der Waals surface area contributed by atoms with Gasteiger partial charge in [0, 0.05) is 17.8 Å². The number of benzene rings is 2. The first kappa shape index (κ1) is 19.3. The summed E-state index contributed by atoms with van der Waals surface area (Å²) >= 11 is 0. The van der Waals surface area contributed by atoms with Crippen molar-refractivity contribution in [3.05, 3.63) is 65.5 Å². The second kappa shape index (κ2) is 7.91. The number of Topliss-reactive ketones (excluding diaryl/α,β-unsaturated/α-hetero) is 1. The molecule has 2 rings (SSSR count). The van der Waals surface area contributed by atoms with E-state index in [0.29, 0.717) is 11.3 Å². The van der Waals surface area contributed by atoms with E-state index in [9.17, 15) is 18.8 Å². The summed E-state index contributed by atoms with van der Waals surface area (Å²) in [7, 11) is 0. The van der Waals surface area contributed by atoms with Gasteiger partial charge in [-0.15, -0.1) is 0 Å². The highest BCUT2D eigenvalue weighted by molar-refractivity contribution is 6.10. The van der Waals surface area contributed by atoms with E-state index in [1.165, 1.54) is 32.9 Å². The zero-order valence-electron chi connectivity index (χ0n) is 14.9. The van der Waals surface area contributed by atoms with Crippen LogP contribution in [-0.2, 0) is 16.1 Å². The molecule has 0 unspecified atom stereocenters. The molecule has 2 aromatic rings. The molecule has 5 nitrogen and oxygen atoms in total. The van der Waals surface area contributed by atoms with Gasteiger partial charge in [-0.1, -0.05) is 12.1 Å². The molecule has 2 amide bonds. The summed E-state index contributed by atoms with van der Waals surface area (Å²) in [5.41, 5.74) is 0.466. The summed E-state index contributed by atoms with van der Waals surface area (Å²) in [6, 6.07) is 12.2. The number of amides is 2. The van der Waals surface area contributed by atoms with Crippen molar-refractivity contribution in [1.82, 2.24) is 5.32 Å².